The minimum atomic E-state index is 0.0763. The number of nitrogens with one attached hydrogen (secondary N) is 1. The molecule has 0 radical (unpaired) electrons. The molecule has 140 valence electrons. The van der Waals surface area contributed by atoms with E-state index in [1.807, 2.05) is 28.8 Å². The molecule has 0 aliphatic heterocycles. The second kappa shape index (κ2) is 8.91. The molecular formula is C19H25ClN4OS. The molecule has 2 atom stereocenters. The number of rotatable bonds is 6. The number of carbonyl (C=O) groups excluding carboxylic acids is 1. The van der Waals surface area contributed by atoms with Crippen LogP contribution in [0.1, 0.15) is 39.5 Å². The summed E-state index contributed by atoms with van der Waals surface area (Å²) in [7, 11) is 0. The molecule has 0 unspecified atom stereocenters. The molecule has 1 heterocycles. The van der Waals surface area contributed by atoms with Gasteiger partial charge in [-0.1, -0.05) is 43.1 Å². The first kappa shape index (κ1) is 19.2. The topological polar surface area (TPSA) is 59.8 Å². The SMILES string of the molecule is CCn1c(SCC(=O)N[C@@H]2CCCC[C@H]2C)nnc1-c1ccc(Cl)cc1. The van der Waals surface area contributed by atoms with Crippen LogP contribution in [0.15, 0.2) is 29.4 Å². The third kappa shape index (κ3) is 4.60. The van der Waals surface area contributed by atoms with Crippen LogP contribution < -0.4 is 5.32 Å². The van der Waals surface area contributed by atoms with Crippen molar-refractivity contribution in [2.75, 3.05) is 5.75 Å². The van der Waals surface area contributed by atoms with Gasteiger partial charge in [-0.05, 0) is 49.9 Å². The van der Waals surface area contributed by atoms with Gasteiger partial charge in [0.15, 0.2) is 11.0 Å². The number of carbonyl (C=O) groups is 1. The Morgan fingerprint density at radius 1 is 1.27 bits per heavy atom. The van der Waals surface area contributed by atoms with Crippen LogP contribution in [0.3, 0.4) is 0 Å². The Kier molecular flexibility index (Phi) is 6.59. The number of amides is 1. The van der Waals surface area contributed by atoms with Crippen LogP contribution in [0, 0.1) is 5.92 Å². The normalized spacial score (nSPS) is 20.1. The van der Waals surface area contributed by atoms with Gasteiger partial charge in [0.1, 0.15) is 0 Å². The number of aromatic nitrogens is 3. The maximum absolute atomic E-state index is 12.3. The fraction of sp³-hybridized carbons (Fsp3) is 0.526. The van der Waals surface area contributed by atoms with E-state index in [0.717, 1.165) is 29.5 Å². The lowest BCUT2D eigenvalue weighted by Crippen LogP contribution is -2.41. The van der Waals surface area contributed by atoms with Gasteiger partial charge in [0.2, 0.25) is 5.91 Å². The fourth-order valence-electron chi connectivity index (χ4n) is 3.40. The molecular weight excluding hydrogens is 368 g/mol. The number of hydrogen-bond donors (Lipinski definition) is 1. The molecule has 1 saturated carbocycles. The van der Waals surface area contributed by atoms with Gasteiger partial charge in [-0.15, -0.1) is 10.2 Å². The molecule has 1 aromatic heterocycles. The van der Waals surface area contributed by atoms with Gasteiger partial charge in [-0.2, -0.15) is 0 Å². The van der Waals surface area contributed by atoms with E-state index in [0.29, 0.717) is 22.7 Å². The zero-order valence-corrected chi connectivity index (χ0v) is 16.8. The van der Waals surface area contributed by atoms with Crippen molar-refractivity contribution in [1.82, 2.24) is 20.1 Å². The predicted molar refractivity (Wildman–Crippen MR) is 106 cm³/mol. The van der Waals surface area contributed by atoms with E-state index in [1.165, 1.54) is 31.0 Å². The number of benzene rings is 1. The molecule has 0 spiro atoms. The Bertz CT molecular complexity index is 746. The Balaban J connectivity index is 1.63. The van der Waals surface area contributed by atoms with Crippen molar-refractivity contribution in [3.63, 3.8) is 0 Å². The Labute approximate surface area is 163 Å². The predicted octanol–water partition coefficient (Wildman–Crippen LogP) is 4.41. The summed E-state index contributed by atoms with van der Waals surface area (Å²) >= 11 is 7.40. The van der Waals surface area contributed by atoms with E-state index in [2.05, 4.69) is 29.4 Å². The summed E-state index contributed by atoms with van der Waals surface area (Å²) in [4.78, 5) is 12.3. The highest BCUT2D eigenvalue weighted by molar-refractivity contribution is 7.99. The second-order valence-corrected chi connectivity index (χ2v) is 8.16. The molecule has 1 N–H and O–H groups in total. The van der Waals surface area contributed by atoms with Gasteiger partial charge in [0.05, 0.1) is 5.75 Å². The van der Waals surface area contributed by atoms with Crippen LogP contribution in [-0.2, 0) is 11.3 Å². The van der Waals surface area contributed by atoms with Gasteiger partial charge in [-0.25, -0.2) is 0 Å². The molecule has 1 aromatic carbocycles. The van der Waals surface area contributed by atoms with Crippen molar-refractivity contribution in [3.05, 3.63) is 29.3 Å². The van der Waals surface area contributed by atoms with E-state index < -0.39 is 0 Å². The number of hydrogen-bond acceptors (Lipinski definition) is 4. The van der Waals surface area contributed by atoms with Crippen LogP contribution in [-0.4, -0.2) is 32.5 Å². The van der Waals surface area contributed by atoms with E-state index in [4.69, 9.17) is 11.6 Å². The third-order valence-electron chi connectivity index (χ3n) is 4.93. The first-order valence-electron chi connectivity index (χ1n) is 9.19. The van der Waals surface area contributed by atoms with E-state index >= 15 is 0 Å². The summed E-state index contributed by atoms with van der Waals surface area (Å²) in [5.41, 5.74) is 0.969. The van der Waals surface area contributed by atoms with Crippen molar-refractivity contribution in [2.24, 2.45) is 5.92 Å². The van der Waals surface area contributed by atoms with Crippen LogP contribution in [0.2, 0.25) is 5.02 Å². The Morgan fingerprint density at radius 3 is 2.69 bits per heavy atom. The van der Waals surface area contributed by atoms with Crippen molar-refractivity contribution in [2.45, 2.75) is 57.3 Å². The summed E-state index contributed by atoms with van der Waals surface area (Å²) in [6.07, 6.45) is 4.77. The largest absolute Gasteiger partial charge is 0.352 e. The molecule has 0 bridgehead atoms. The van der Waals surface area contributed by atoms with Crippen molar-refractivity contribution >= 4 is 29.3 Å². The number of halogens is 1. The van der Waals surface area contributed by atoms with E-state index in [9.17, 15) is 4.79 Å². The monoisotopic (exact) mass is 392 g/mol. The lowest BCUT2D eigenvalue weighted by Gasteiger charge is -2.29. The number of nitrogens with zero attached hydrogens (tertiary/aromatic N) is 3. The Morgan fingerprint density at radius 2 is 2.00 bits per heavy atom. The van der Waals surface area contributed by atoms with Gasteiger partial charge in [0, 0.05) is 23.2 Å². The average molecular weight is 393 g/mol. The maximum atomic E-state index is 12.3. The van der Waals surface area contributed by atoms with Crippen LogP contribution in [0.5, 0.6) is 0 Å². The Hall–Kier alpha value is -1.53. The fourth-order valence-corrected chi connectivity index (χ4v) is 4.34. The third-order valence-corrected chi connectivity index (χ3v) is 6.14. The summed E-state index contributed by atoms with van der Waals surface area (Å²) in [5, 5.41) is 13.2. The molecule has 7 heteroatoms. The van der Waals surface area contributed by atoms with Crippen LogP contribution >= 0.6 is 23.4 Å². The highest BCUT2D eigenvalue weighted by Crippen LogP contribution is 2.26. The molecule has 1 fully saturated rings. The quantitative estimate of drug-likeness (QED) is 0.740. The van der Waals surface area contributed by atoms with Crippen molar-refractivity contribution < 1.29 is 4.79 Å². The zero-order valence-electron chi connectivity index (χ0n) is 15.2. The van der Waals surface area contributed by atoms with Gasteiger partial charge < -0.3 is 9.88 Å². The van der Waals surface area contributed by atoms with E-state index in [-0.39, 0.29) is 5.91 Å². The van der Waals surface area contributed by atoms with Crippen LogP contribution in [0.25, 0.3) is 11.4 Å². The first-order valence-corrected chi connectivity index (χ1v) is 10.6. The lowest BCUT2D eigenvalue weighted by atomic mass is 9.86. The molecule has 5 nitrogen and oxygen atoms in total. The van der Waals surface area contributed by atoms with Crippen molar-refractivity contribution in [1.29, 1.82) is 0 Å². The molecule has 1 aliphatic rings. The summed E-state index contributed by atoms with van der Waals surface area (Å²) in [5.74, 6) is 1.80. The van der Waals surface area contributed by atoms with Gasteiger partial charge >= 0.3 is 0 Å². The molecule has 1 aliphatic carbocycles. The highest BCUT2D eigenvalue weighted by atomic mass is 35.5. The molecule has 0 saturated heterocycles. The molecule has 1 amide bonds. The minimum absolute atomic E-state index is 0.0763. The lowest BCUT2D eigenvalue weighted by molar-refractivity contribution is -0.119. The van der Waals surface area contributed by atoms with E-state index in [1.54, 1.807) is 0 Å². The molecule has 2 aromatic rings. The van der Waals surface area contributed by atoms with Crippen LogP contribution in [0.4, 0.5) is 0 Å². The van der Waals surface area contributed by atoms with Gasteiger partial charge in [-0.3, -0.25) is 4.79 Å². The number of thioether (sulfide) groups is 1. The summed E-state index contributed by atoms with van der Waals surface area (Å²) < 4.78 is 2.03. The maximum Gasteiger partial charge on any atom is 0.230 e. The summed E-state index contributed by atoms with van der Waals surface area (Å²) in [6.45, 7) is 5.02. The van der Waals surface area contributed by atoms with Gasteiger partial charge in [0.25, 0.3) is 0 Å². The first-order chi connectivity index (χ1) is 12.6. The average Bonchev–Trinajstić information content (AvgIpc) is 3.05. The minimum Gasteiger partial charge on any atom is -0.352 e. The highest BCUT2D eigenvalue weighted by Gasteiger charge is 2.23. The molecule has 26 heavy (non-hydrogen) atoms. The summed E-state index contributed by atoms with van der Waals surface area (Å²) in [6, 6.07) is 7.87. The van der Waals surface area contributed by atoms with Crippen molar-refractivity contribution in [3.8, 4) is 11.4 Å². The zero-order chi connectivity index (χ0) is 18.5. The smallest absolute Gasteiger partial charge is 0.230 e. The standard InChI is InChI=1S/C19H25ClN4OS/c1-3-24-18(14-8-10-15(20)11-9-14)22-23-19(24)26-12-17(25)21-16-7-5-4-6-13(16)2/h8-11,13,16H,3-7,12H2,1-2H3,(H,21,25)/t13-,16-/m1/s1. The molecule has 3 rings (SSSR count). The second-order valence-electron chi connectivity index (χ2n) is 6.78.